The topological polar surface area (TPSA) is 62.3 Å². The lowest BCUT2D eigenvalue weighted by molar-refractivity contribution is 0.268. The Balaban J connectivity index is 1.97. The fourth-order valence-corrected chi connectivity index (χ4v) is 4.59. The van der Waals surface area contributed by atoms with Crippen molar-refractivity contribution in [3.05, 3.63) is 10.7 Å². The van der Waals surface area contributed by atoms with Crippen molar-refractivity contribution >= 4 is 33.0 Å². The number of rotatable bonds is 5. The summed E-state index contributed by atoms with van der Waals surface area (Å²) in [4.78, 5) is 6.04. The molecule has 1 aromatic rings. The van der Waals surface area contributed by atoms with E-state index in [4.69, 9.17) is 11.6 Å². The van der Waals surface area contributed by atoms with Crippen molar-refractivity contribution in [2.75, 3.05) is 19.6 Å². The van der Waals surface area contributed by atoms with Gasteiger partial charge in [0, 0.05) is 12.6 Å². The van der Waals surface area contributed by atoms with Gasteiger partial charge in [0.1, 0.15) is 0 Å². The third kappa shape index (κ3) is 3.21. The fourth-order valence-electron chi connectivity index (χ4n) is 2.18. The van der Waals surface area contributed by atoms with Gasteiger partial charge in [-0.05, 0) is 25.9 Å². The lowest BCUT2D eigenvalue weighted by Crippen LogP contribution is -2.39. The molecule has 1 aromatic heterocycles. The first-order chi connectivity index (χ1) is 8.53. The van der Waals surface area contributed by atoms with Crippen LogP contribution >= 0.6 is 22.9 Å². The van der Waals surface area contributed by atoms with Gasteiger partial charge in [0.15, 0.2) is 8.68 Å². The monoisotopic (exact) mass is 309 g/mol. The molecule has 1 aliphatic rings. The van der Waals surface area contributed by atoms with Crippen LogP contribution in [-0.2, 0) is 10.0 Å². The molecular formula is C10H16ClN3O2S2. The minimum Gasteiger partial charge on any atom is -0.299 e. The van der Waals surface area contributed by atoms with Crippen molar-refractivity contribution in [1.29, 1.82) is 0 Å². The van der Waals surface area contributed by atoms with Gasteiger partial charge in [0.25, 0.3) is 10.0 Å². The molecule has 1 aliphatic heterocycles. The number of sulfonamides is 1. The summed E-state index contributed by atoms with van der Waals surface area (Å²) in [7, 11) is -3.46. The largest absolute Gasteiger partial charge is 0.299 e. The highest BCUT2D eigenvalue weighted by molar-refractivity contribution is 7.91. The van der Waals surface area contributed by atoms with E-state index in [0.29, 0.717) is 12.6 Å². The van der Waals surface area contributed by atoms with Gasteiger partial charge in [0.05, 0.1) is 6.20 Å². The first kappa shape index (κ1) is 14.2. The molecule has 0 radical (unpaired) electrons. The molecule has 8 heteroatoms. The van der Waals surface area contributed by atoms with Crippen LogP contribution in [0, 0.1) is 0 Å². The van der Waals surface area contributed by atoms with E-state index in [1.807, 2.05) is 0 Å². The fraction of sp³-hybridized carbons (Fsp3) is 0.700. The molecule has 1 fully saturated rings. The minimum absolute atomic E-state index is 0.175. The third-order valence-electron chi connectivity index (χ3n) is 3.14. The molecule has 102 valence electrons. The summed E-state index contributed by atoms with van der Waals surface area (Å²) in [5.41, 5.74) is 0. The lowest BCUT2D eigenvalue weighted by atomic mass is 10.2. The van der Waals surface area contributed by atoms with Crippen molar-refractivity contribution in [1.82, 2.24) is 14.6 Å². The summed E-state index contributed by atoms with van der Waals surface area (Å²) < 4.78 is 27.0. The van der Waals surface area contributed by atoms with Crippen molar-refractivity contribution in [2.45, 2.75) is 30.0 Å². The van der Waals surface area contributed by atoms with Crippen LogP contribution in [0.5, 0.6) is 0 Å². The minimum atomic E-state index is -3.46. The summed E-state index contributed by atoms with van der Waals surface area (Å²) in [5.74, 6) is 0. The van der Waals surface area contributed by atoms with Gasteiger partial charge in [-0.25, -0.2) is 18.1 Å². The number of nitrogens with zero attached hydrogens (tertiary/aromatic N) is 2. The Morgan fingerprint density at radius 3 is 3.06 bits per heavy atom. The number of likely N-dealkylation sites (tertiary alicyclic amines) is 1. The first-order valence-electron chi connectivity index (χ1n) is 5.88. The van der Waals surface area contributed by atoms with Gasteiger partial charge in [-0.1, -0.05) is 29.9 Å². The number of aromatic nitrogens is 1. The maximum absolute atomic E-state index is 12.0. The number of hydrogen-bond acceptors (Lipinski definition) is 5. The Morgan fingerprint density at radius 1 is 1.67 bits per heavy atom. The highest BCUT2D eigenvalue weighted by Gasteiger charge is 2.25. The van der Waals surface area contributed by atoms with Crippen LogP contribution in [0.15, 0.2) is 10.4 Å². The number of nitrogens with one attached hydrogen (secondary N) is 1. The molecule has 0 bridgehead atoms. The highest BCUT2D eigenvalue weighted by atomic mass is 35.5. The van der Waals surface area contributed by atoms with E-state index < -0.39 is 10.0 Å². The van der Waals surface area contributed by atoms with Gasteiger partial charge in [-0.2, -0.15) is 0 Å². The molecule has 2 heterocycles. The average Bonchev–Trinajstić information content (AvgIpc) is 2.94. The molecule has 1 N–H and O–H groups in total. The molecule has 0 saturated carbocycles. The number of thiazole rings is 1. The summed E-state index contributed by atoms with van der Waals surface area (Å²) in [6, 6.07) is 0.299. The smallest absolute Gasteiger partial charge is 0.251 e. The second-order valence-electron chi connectivity index (χ2n) is 4.21. The van der Waals surface area contributed by atoms with Crippen LogP contribution in [0.3, 0.4) is 0 Å². The number of likely N-dealkylation sites (N-methyl/N-ethyl adjacent to an activating group) is 1. The Bertz CT molecular complexity index is 503. The van der Waals surface area contributed by atoms with E-state index in [2.05, 4.69) is 21.5 Å². The van der Waals surface area contributed by atoms with Gasteiger partial charge in [-0.15, -0.1) is 0 Å². The van der Waals surface area contributed by atoms with Crippen molar-refractivity contribution < 1.29 is 8.42 Å². The molecule has 5 nitrogen and oxygen atoms in total. The second-order valence-corrected chi connectivity index (χ2v) is 7.82. The van der Waals surface area contributed by atoms with Crippen LogP contribution < -0.4 is 4.72 Å². The molecule has 0 aromatic carbocycles. The predicted octanol–water partition coefficient (Wildman–Crippen LogP) is 1.56. The molecule has 1 unspecified atom stereocenters. The van der Waals surface area contributed by atoms with Crippen LogP contribution in [0.4, 0.5) is 0 Å². The molecular weight excluding hydrogens is 294 g/mol. The van der Waals surface area contributed by atoms with E-state index in [0.717, 1.165) is 37.3 Å². The zero-order chi connectivity index (χ0) is 13.2. The van der Waals surface area contributed by atoms with E-state index >= 15 is 0 Å². The number of halogens is 1. The molecule has 0 amide bonds. The van der Waals surface area contributed by atoms with Crippen molar-refractivity contribution in [3.63, 3.8) is 0 Å². The maximum Gasteiger partial charge on any atom is 0.251 e. The van der Waals surface area contributed by atoms with Gasteiger partial charge < -0.3 is 0 Å². The highest BCUT2D eigenvalue weighted by Crippen LogP contribution is 2.22. The first-order valence-corrected chi connectivity index (χ1v) is 8.55. The van der Waals surface area contributed by atoms with E-state index in [9.17, 15) is 8.42 Å². The molecule has 1 saturated heterocycles. The zero-order valence-electron chi connectivity index (χ0n) is 10.1. The van der Waals surface area contributed by atoms with Gasteiger partial charge in [-0.3, -0.25) is 4.90 Å². The maximum atomic E-state index is 12.0. The van der Waals surface area contributed by atoms with Crippen LogP contribution in [0.1, 0.15) is 19.8 Å². The van der Waals surface area contributed by atoms with Crippen LogP contribution in [0.2, 0.25) is 4.47 Å². The lowest BCUT2D eigenvalue weighted by Gasteiger charge is -2.22. The van der Waals surface area contributed by atoms with Crippen LogP contribution in [0.25, 0.3) is 0 Å². The Morgan fingerprint density at radius 2 is 2.44 bits per heavy atom. The molecule has 18 heavy (non-hydrogen) atoms. The van der Waals surface area contributed by atoms with Gasteiger partial charge >= 0.3 is 0 Å². The van der Waals surface area contributed by atoms with Crippen molar-refractivity contribution in [2.24, 2.45) is 0 Å². The standard InChI is InChI=1S/C10H16ClN3O2S2/c1-2-14-5-3-4-8(14)6-13-18(15,16)9-7-12-10(11)17-9/h7-8,13H,2-6H2,1H3. The Labute approximate surface area is 116 Å². The summed E-state index contributed by atoms with van der Waals surface area (Å²) >= 11 is 6.62. The summed E-state index contributed by atoms with van der Waals surface area (Å²) in [5, 5.41) is 0. The summed E-state index contributed by atoms with van der Waals surface area (Å²) in [6.45, 7) is 4.55. The van der Waals surface area contributed by atoms with E-state index in [1.54, 1.807) is 0 Å². The van der Waals surface area contributed by atoms with E-state index in [-0.39, 0.29) is 8.68 Å². The van der Waals surface area contributed by atoms with Crippen LogP contribution in [-0.4, -0.2) is 44.0 Å². The quantitative estimate of drug-likeness (QED) is 0.896. The normalized spacial score (nSPS) is 21.6. The van der Waals surface area contributed by atoms with E-state index in [1.165, 1.54) is 6.20 Å². The molecule has 0 aliphatic carbocycles. The zero-order valence-corrected chi connectivity index (χ0v) is 12.5. The average molecular weight is 310 g/mol. The number of hydrogen-bond donors (Lipinski definition) is 1. The molecule has 2 rings (SSSR count). The molecule has 1 atom stereocenters. The second kappa shape index (κ2) is 5.83. The summed E-state index contributed by atoms with van der Waals surface area (Å²) in [6.07, 6.45) is 3.47. The Hall–Kier alpha value is -0.210. The third-order valence-corrected chi connectivity index (χ3v) is 6.13. The van der Waals surface area contributed by atoms with Crippen molar-refractivity contribution in [3.8, 4) is 0 Å². The Kier molecular flexibility index (Phi) is 4.60. The van der Waals surface area contributed by atoms with Gasteiger partial charge in [0.2, 0.25) is 0 Å². The predicted molar refractivity (Wildman–Crippen MR) is 72.6 cm³/mol. The SMILES string of the molecule is CCN1CCCC1CNS(=O)(=O)c1cnc(Cl)s1. The molecule has 0 spiro atoms.